The summed E-state index contributed by atoms with van der Waals surface area (Å²) in [6, 6.07) is 18.3. The highest BCUT2D eigenvalue weighted by Crippen LogP contribution is 2.24. The smallest absolute Gasteiger partial charge is 0.338 e. The van der Waals surface area contributed by atoms with Crippen LogP contribution in [0, 0.1) is 0 Å². The number of hydrogen-bond acceptors (Lipinski definition) is 6. The molecule has 0 aliphatic carbocycles. The third kappa shape index (κ3) is 5.15. The summed E-state index contributed by atoms with van der Waals surface area (Å²) in [6.45, 7) is 5.29. The first-order valence-electron chi connectivity index (χ1n) is 10.7. The molecule has 0 spiro atoms. The van der Waals surface area contributed by atoms with Gasteiger partial charge in [-0.3, -0.25) is 4.79 Å². The normalized spacial score (nSPS) is 14.0. The van der Waals surface area contributed by atoms with Gasteiger partial charge in [0, 0.05) is 29.9 Å². The van der Waals surface area contributed by atoms with Crippen LogP contribution in [0.1, 0.15) is 33.4 Å². The number of nitrogens with zero attached hydrogens (tertiary/aromatic N) is 1. The molecule has 0 radical (unpaired) electrons. The molecule has 0 unspecified atom stereocenters. The van der Waals surface area contributed by atoms with Crippen LogP contribution in [-0.4, -0.2) is 44.7 Å². The van der Waals surface area contributed by atoms with E-state index in [1.807, 2.05) is 30.3 Å². The van der Waals surface area contributed by atoms with Gasteiger partial charge >= 0.3 is 5.97 Å². The molecule has 2 aromatic carbocycles. The first-order valence-corrected chi connectivity index (χ1v) is 10.7. The molecule has 1 aromatic heterocycles. The maximum Gasteiger partial charge on any atom is 0.338 e. The van der Waals surface area contributed by atoms with Crippen molar-refractivity contribution < 1.29 is 23.5 Å². The van der Waals surface area contributed by atoms with Crippen molar-refractivity contribution in [2.75, 3.05) is 37.8 Å². The number of carbonyl (C=O) groups is 2. The van der Waals surface area contributed by atoms with Crippen LogP contribution in [0.15, 0.2) is 71.2 Å². The van der Waals surface area contributed by atoms with Crippen LogP contribution >= 0.6 is 0 Å². The van der Waals surface area contributed by atoms with E-state index in [1.165, 1.54) is 6.08 Å². The van der Waals surface area contributed by atoms with Crippen LogP contribution in [0.4, 0.5) is 5.69 Å². The lowest BCUT2D eigenvalue weighted by molar-refractivity contribution is 0.0526. The SMILES string of the molecule is CCOC(=O)c1ccc(-c2ccc(/C=C/C(=O)c3ccc(N4CCOCC4)cc3)o2)cc1. The fourth-order valence-corrected chi connectivity index (χ4v) is 3.49. The highest BCUT2D eigenvalue weighted by Gasteiger charge is 2.12. The molecule has 1 aliphatic rings. The van der Waals surface area contributed by atoms with E-state index in [0.717, 1.165) is 37.6 Å². The summed E-state index contributed by atoms with van der Waals surface area (Å²) in [6.07, 6.45) is 3.17. The highest BCUT2D eigenvalue weighted by atomic mass is 16.5. The summed E-state index contributed by atoms with van der Waals surface area (Å²) in [5.41, 5.74) is 3.05. The Morgan fingerprint density at radius 3 is 2.31 bits per heavy atom. The standard InChI is InChI=1S/C26H25NO5/c1-2-31-26(29)21-5-3-20(4-6-21)25-14-12-23(32-25)11-13-24(28)19-7-9-22(10-8-19)27-15-17-30-18-16-27/h3-14H,2,15-18H2,1H3/b13-11+. The molecular formula is C26H25NO5. The van der Waals surface area contributed by atoms with E-state index in [4.69, 9.17) is 13.9 Å². The molecule has 0 N–H and O–H groups in total. The molecule has 4 rings (SSSR count). The van der Waals surface area contributed by atoms with Crippen molar-refractivity contribution in [1.29, 1.82) is 0 Å². The van der Waals surface area contributed by atoms with Crippen LogP contribution in [0.5, 0.6) is 0 Å². The average Bonchev–Trinajstić information content (AvgIpc) is 3.32. The van der Waals surface area contributed by atoms with Crippen molar-refractivity contribution in [2.45, 2.75) is 6.92 Å². The molecule has 0 atom stereocenters. The van der Waals surface area contributed by atoms with E-state index >= 15 is 0 Å². The minimum absolute atomic E-state index is 0.0877. The average molecular weight is 431 g/mol. The lowest BCUT2D eigenvalue weighted by Gasteiger charge is -2.28. The van der Waals surface area contributed by atoms with Gasteiger partial charge in [0.2, 0.25) is 0 Å². The van der Waals surface area contributed by atoms with Gasteiger partial charge in [0.15, 0.2) is 5.78 Å². The highest BCUT2D eigenvalue weighted by molar-refractivity contribution is 6.06. The molecule has 3 aromatic rings. The zero-order valence-corrected chi connectivity index (χ0v) is 18.0. The predicted octanol–water partition coefficient (Wildman–Crippen LogP) is 4.86. The Bertz CT molecular complexity index is 1090. The molecule has 164 valence electrons. The van der Waals surface area contributed by atoms with E-state index in [2.05, 4.69) is 4.90 Å². The molecule has 2 heterocycles. The number of ether oxygens (including phenoxy) is 2. The van der Waals surface area contributed by atoms with Gasteiger partial charge in [-0.25, -0.2) is 4.79 Å². The topological polar surface area (TPSA) is 69.0 Å². The molecule has 0 bridgehead atoms. The van der Waals surface area contributed by atoms with E-state index < -0.39 is 0 Å². The monoisotopic (exact) mass is 431 g/mol. The molecule has 1 saturated heterocycles. The lowest BCUT2D eigenvalue weighted by atomic mass is 10.1. The van der Waals surface area contributed by atoms with E-state index in [1.54, 1.807) is 43.3 Å². The predicted molar refractivity (Wildman–Crippen MR) is 123 cm³/mol. The Kier molecular flexibility index (Phi) is 6.82. The maximum atomic E-state index is 12.5. The van der Waals surface area contributed by atoms with Crippen LogP contribution in [0.2, 0.25) is 0 Å². The number of rotatable bonds is 7. The van der Waals surface area contributed by atoms with Gasteiger partial charge in [-0.05, 0) is 67.6 Å². The van der Waals surface area contributed by atoms with Gasteiger partial charge in [-0.15, -0.1) is 0 Å². The second-order valence-electron chi connectivity index (χ2n) is 7.34. The lowest BCUT2D eigenvalue weighted by Crippen LogP contribution is -2.36. The van der Waals surface area contributed by atoms with E-state index in [0.29, 0.717) is 29.3 Å². The van der Waals surface area contributed by atoms with Crippen LogP contribution < -0.4 is 4.90 Å². The van der Waals surface area contributed by atoms with E-state index in [9.17, 15) is 9.59 Å². The molecule has 6 heteroatoms. The second-order valence-corrected chi connectivity index (χ2v) is 7.34. The summed E-state index contributed by atoms with van der Waals surface area (Å²) < 4.78 is 16.2. The fourth-order valence-electron chi connectivity index (χ4n) is 3.49. The van der Waals surface area contributed by atoms with Crippen molar-refractivity contribution in [3.05, 3.63) is 83.6 Å². The third-order valence-electron chi connectivity index (χ3n) is 5.23. The molecule has 32 heavy (non-hydrogen) atoms. The second kappa shape index (κ2) is 10.1. The first-order chi connectivity index (χ1) is 15.6. The number of benzene rings is 2. The van der Waals surface area contributed by atoms with Crippen LogP contribution in [0.3, 0.4) is 0 Å². The van der Waals surface area contributed by atoms with Gasteiger partial charge in [-0.1, -0.05) is 12.1 Å². The van der Waals surface area contributed by atoms with Crippen molar-refractivity contribution in [1.82, 2.24) is 0 Å². The minimum atomic E-state index is -0.349. The Labute approximate surface area is 187 Å². The number of allylic oxidation sites excluding steroid dienone is 1. The Morgan fingerprint density at radius 2 is 1.62 bits per heavy atom. The third-order valence-corrected chi connectivity index (χ3v) is 5.23. The molecule has 0 saturated carbocycles. The molecule has 6 nitrogen and oxygen atoms in total. The Balaban J connectivity index is 1.39. The number of morpholine rings is 1. The van der Waals surface area contributed by atoms with Gasteiger partial charge in [0.05, 0.1) is 25.4 Å². The van der Waals surface area contributed by atoms with Crippen molar-refractivity contribution in [3.63, 3.8) is 0 Å². The van der Waals surface area contributed by atoms with Crippen LogP contribution in [0.25, 0.3) is 17.4 Å². The summed E-state index contributed by atoms with van der Waals surface area (Å²) in [5.74, 6) is 0.795. The van der Waals surface area contributed by atoms with Crippen molar-refractivity contribution in [2.24, 2.45) is 0 Å². The first kappa shape index (κ1) is 21.6. The number of ketones is 1. The molecular weight excluding hydrogens is 406 g/mol. The molecule has 0 amide bonds. The Hall–Kier alpha value is -3.64. The molecule has 1 aliphatic heterocycles. The van der Waals surface area contributed by atoms with Gasteiger partial charge in [0.25, 0.3) is 0 Å². The minimum Gasteiger partial charge on any atom is -0.462 e. The number of furan rings is 1. The van der Waals surface area contributed by atoms with E-state index in [-0.39, 0.29) is 11.8 Å². The zero-order valence-electron chi connectivity index (χ0n) is 18.0. The summed E-state index contributed by atoms with van der Waals surface area (Å²) in [5, 5.41) is 0. The van der Waals surface area contributed by atoms with Crippen molar-refractivity contribution in [3.8, 4) is 11.3 Å². The molecule has 1 fully saturated rings. The van der Waals surface area contributed by atoms with Crippen molar-refractivity contribution >= 4 is 23.5 Å². The maximum absolute atomic E-state index is 12.5. The number of anilines is 1. The zero-order chi connectivity index (χ0) is 22.3. The van der Waals surface area contributed by atoms with Gasteiger partial charge in [-0.2, -0.15) is 0 Å². The van der Waals surface area contributed by atoms with Gasteiger partial charge < -0.3 is 18.8 Å². The summed E-state index contributed by atoms with van der Waals surface area (Å²) in [4.78, 5) is 26.5. The number of esters is 1. The fraction of sp³-hybridized carbons (Fsp3) is 0.231. The summed E-state index contributed by atoms with van der Waals surface area (Å²) in [7, 11) is 0. The summed E-state index contributed by atoms with van der Waals surface area (Å²) >= 11 is 0. The largest absolute Gasteiger partial charge is 0.462 e. The van der Waals surface area contributed by atoms with Gasteiger partial charge in [0.1, 0.15) is 11.5 Å². The Morgan fingerprint density at radius 1 is 0.938 bits per heavy atom. The number of hydrogen-bond donors (Lipinski definition) is 0. The van der Waals surface area contributed by atoms with Crippen LogP contribution in [-0.2, 0) is 9.47 Å². The number of carbonyl (C=O) groups excluding carboxylic acids is 2. The quantitative estimate of drug-likeness (QED) is 0.302.